The molecule has 2 atom stereocenters. The first kappa shape index (κ1) is 24.7. The Bertz CT molecular complexity index is 873. The van der Waals surface area contributed by atoms with Gasteiger partial charge in [0.05, 0.1) is 25.9 Å². The van der Waals surface area contributed by atoms with Crippen LogP contribution in [0.3, 0.4) is 0 Å². The molecule has 1 N–H and O–H groups in total. The zero-order valence-corrected chi connectivity index (χ0v) is 21.0. The second kappa shape index (κ2) is 11.8. The van der Waals surface area contributed by atoms with E-state index in [9.17, 15) is 4.39 Å². The van der Waals surface area contributed by atoms with Crippen molar-refractivity contribution < 1.29 is 13.9 Å². The molecule has 0 aliphatic carbocycles. The largest absolute Gasteiger partial charge is 0.378 e. The van der Waals surface area contributed by atoms with E-state index in [2.05, 4.69) is 51.3 Å². The van der Waals surface area contributed by atoms with Gasteiger partial charge in [-0.1, -0.05) is 24.3 Å². The van der Waals surface area contributed by atoms with E-state index in [1.807, 2.05) is 0 Å². The highest BCUT2D eigenvalue weighted by molar-refractivity contribution is 14.0. The summed E-state index contributed by atoms with van der Waals surface area (Å²) in [6, 6.07) is 15.2. The Labute approximate surface area is 206 Å². The number of benzene rings is 2. The molecule has 0 radical (unpaired) electrons. The average Bonchev–Trinajstić information content (AvgIpc) is 2.80. The lowest BCUT2D eigenvalue weighted by Gasteiger charge is -2.38. The maximum absolute atomic E-state index is 13.3. The molecule has 2 fully saturated rings. The highest BCUT2D eigenvalue weighted by Gasteiger charge is 2.28. The maximum atomic E-state index is 13.3. The van der Waals surface area contributed by atoms with Crippen LogP contribution in [-0.2, 0) is 16.0 Å². The molecule has 2 heterocycles. The molecule has 0 aromatic heterocycles. The van der Waals surface area contributed by atoms with Gasteiger partial charge < -0.3 is 24.6 Å². The Morgan fingerprint density at radius 3 is 2.41 bits per heavy atom. The van der Waals surface area contributed by atoms with Crippen LogP contribution in [0.4, 0.5) is 10.1 Å². The van der Waals surface area contributed by atoms with Crippen molar-refractivity contribution in [2.45, 2.75) is 25.7 Å². The number of guanidine groups is 1. The van der Waals surface area contributed by atoms with Crippen LogP contribution < -0.4 is 10.2 Å². The van der Waals surface area contributed by atoms with Gasteiger partial charge in [0.25, 0.3) is 0 Å². The minimum Gasteiger partial charge on any atom is -0.378 e. The van der Waals surface area contributed by atoms with Crippen LogP contribution in [-0.4, -0.2) is 63.4 Å². The van der Waals surface area contributed by atoms with Gasteiger partial charge in [-0.05, 0) is 42.3 Å². The molecular weight excluding hydrogens is 522 g/mol. The molecule has 174 valence electrons. The van der Waals surface area contributed by atoms with E-state index in [4.69, 9.17) is 9.47 Å². The third-order valence-corrected chi connectivity index (χ3v) is 5.78. The molecule has 32 heavy (non-hydrogen) atoms. The van der Waals surface area contributed by atoms with Crippen molar-refractivity contribution in [2.75, 3.05) is 51.3 Å². The van der Waals surface area contributed by atoms with Crippen LogP contribution in [0.2, 0.25) is 0 Å². The van der Waals surface area contributed by atoms with E-state index in [0.29, 0.717) is 13.1 Å². The van der Waals surface area contributed by atoms with Gasteiger partial charge in [0.15, 0.2) is 5.96 Å². The molecule has 0 amide bonds. The fourth-order valence-corrected chi connectivity index (χ4v) is 4.15. The summed E-state index contributed by atoms with van der Waals surface area (Å²) in [4.78, 5) is 9.05. The predicted octanol–water partition coefficient (Wildman–Crippen LogP) is 3.82. The topological polar surface area (TPSA) is 49.3 Å². The summed E-state index contributed by atoms with van der Waals surface area (Å²) < 4.78 is 24.8. The quantitative estimate of drug-likeness (QED) is 0.354. The van der Waals surface area contributed by atoms with Crippen molar-refractivity contribution in [1.82, 2.24) is 10.2 Å². The first-order valence-corrected chi connectivity index (χ1v) is 10.9. The van der Waals surface area contributed by atoms with Crippen LogP contribution in [0, 0.1) is 5.82 Å². The number of hydrogen-bond acceptors (Lipinski definition) is 4. The minimum absolute atomic E-state index is 0. The van der Waals surface area contributed by atoms with Gasteiger partial charge in [-0.2, -0.15) is 0 Å². The van der Waals surface area contributed by atoms with Crippen molar-refractivity contribution >= 4 is 35.6 Å². The normalized spacial score (nSPS) is 21.8. The van der Waals surface area contributed by atoms with Gasteiger partial charge >= 0.3 is 0 Å². The van der Waals surface area contributed by atoms with Crippen LogP contribution >= 0.6 is 24.0 Å². The summed E-state index contributed by atoms with van der Waals surface area (Å²) in [5, 5.41) is 3.48. The third kappa shape index (κ3) is 6.32. The molecule has 0 bridgehead atoms. The van der Waals surface area contributed by atoms with E-state index in [1.165, 1.54) is 23.4 Å². The first-order chi connectivity index (χ1) is 15.1. The van der Waals surface area contributed by atoms with Crippen LogP contribution in [0.25, 0.3) is 0 Å². The summed E-state index contributed by atoms with van der Waals surface area (Å²) >= 11 is 0. The lowest BCUT2D eigenvalue weighted by molar-refractivity contribution is -0.0605. The minimum atomic E-state index is -0.235. The summed E-state index contributed by atoms with van der Waals surface area (Å²) in [7, 11) is 1.80. The van der Waals surface area contributed by atoms with Gasteiger partial charge in [-0.25, -0.2) is 4.39 Å². The molecule has 4 rings (SSSR count). The molecule has 2 saturated heterocycles. The fourth-order valence-electron chi connectivity index (χ4n) is 4.15. The molecular formula is C24H32FIN4O2. The highest BCUT2D eigenvalue weighted by atomic mass is 127. The standard InChI is InChI=1S/C24H31FN4O2.HI/c1-18-16-29(17-23(31-18)20-5-7-21(25)8-6-20)24(26-2)27-15-19-3-9-22(10-4-19)28-11-13-30-14-12-28;/h3-10,18,23H,11-17H2,1-2H3,(H,26,27);1H. The predicted molar refractivity (Wildman–Crippen MR) is 136 cm³/mol. The number of rotatable bonds is 4. The van der Waals surface area contributed by atoms with Crippen LogP contribution in [0.15, 0.2) is 53.5 Å². The summed E-state index contributed by atoms with van der Waals surface area (Å²) in [6.45, 7) is 7.64. The van der Waals surface area contributed by atoms with Crippen molar-refractivity contribution in [3.63, 3.8) is 0 Å². The van der Waals surface area contributed by atoms with Crippen LogP contribution in [0.5, 0.6) is 0 Å². The van der Waals surface area contributed by atoms with Crippen molar-refractivity contribution in [3.05, 3.63) is 65.5 Å². The summed E-state index contributed by atoms with van der Waals surface area (Å²) in [5.74, 6) is 0.612. The molecule has 2 aliphatic heterocycles. The molecule has 8 heteroatoms. The fraction of sp³-hybridized carbons (Fsp3) is 0.458. The van der Waals surface area contributed by atoms with E-state index in [1.54, 1.807) is 19.2 Å². The van der Waals surface area contributed by atoms with Gasteiger partial charge in [-0.3, -0.25) is 4.99 Å². The molecule has 2 aliphatic rings. The molecule has 0 spiro atoms. The monoisotopic (exact) mass is 554 g/mol. The number of nitrogens with one attached hydrogen (secondary N) is 1. The second-order valence-electron chi connectivity index (χ2n) is 8.06. The Morgan fingerprint density at radius 2 is 1.75 bits per heavy atom. The van der Waals surface area contributed by atoms with E-state index < -0.39 is 0 Å². The van der Waals surface area contributed by atoms with E-state index >= 15 is 0 Å². The number of nitrogens with zero attached hydrogens (tertiary/aromatic N) is 3. The highest BCUT2D eigenvalue weighted by Crippen LogP contribution is 2.25. The Morgan fingerprint density at radius 1 is 1.06 bits per heavy atom. The smallest absolute Gasteiger partial charge is 0.194 e. The zero-order chi connectivity index (χ0) is 21.6. The molecule has 2 unspecified atom stereocenters. The Hall–Kier alpha value is -1.91. The van der Waals surface area contributed by atoms with Gasteiger partial charge in [0.1, 0.15) is 11.9 Å². The number of hydrogen-bond donors (Lipinski definition) is 1. The van der Waals surface area contributed by atoms with E-state index in [-0.39, 0.29) is 42.0 Å². The number of morpholine rings is 2. The molecule has 2 aromatic rings. The number of anilines is 1. The third-order valence-electron chi connectivity index (χ3n) is 5.78. The van der Waals surface area contributed by atoms with Gasteiger partial charge in [0, 0.05) is 38.9 Å². The van der Waals surface area contributed by atoms with Gasteiger partial charge in [-0.15, -0.1) is 24.0 Å². The number of aliphatic imine (C=N–C) groups is 1. The van der Waals surface area contributed by atoms with Gasteiger partial charge in [0.2, 0.25) is 0 Å². The first-order valence-electron chi connectivity index (χ1n) is 10.9. The summed E-state index contributed by atoms with van der Waals surface area (Å²) in [6.07, 6.45) is -0.0640. The maximum Gasteiger partial charge on any atom is 0.194 e. The number of ether oxygens (including phenoxy) is 2. The van der Waals surface area contributed by atoms with Crippen LogP contribution in [0.1, 0.15) is 24.2 Å². The van der Waals surface area contributed by atoms with Crippen molar-refractivity contribution in [1.29, 1.82) is 0 Å². The van der Waals surface area contributed by atoms with Crippen molar-refractivity contribution in [3.8, 4) is 0 Å². The number of halogens is 2. The van der Waals surface area contributed by atoms with Crippen molar-refractivity contribution in [2.24, 2.45) is 4.99 Å². The second-order valence-corrected chi connectivity index (χ2v) is 8.06. The average molecular weight is 554 g/mol. The zero-order valence-electron chi connectivity index (χ0n) is 18.7. The molecule has 0 saturated carbocycles. The Balaban J connectivity index is 0.00000289. The Kier molecular flexibility index (Phi) is 9.12. The molecule has 2 aromatic carbocycles. The SMILES string of the molecule is CN=C(NCc1ccc(N2CCOCC2)cc1)N1CC(C)OC(c2ccc(F)cc2)C1.I. The lowest BCUT2D eigenvalue weighted by Crippen LogP contribution is -2.50. The summed E-state index contributed by atoms with van der Waals surface area (Å²) in [5.41, 5.74) is 3.42. The lowest BCUT2D eigenvalue weighted by atomic mass is 10.1. The molecule has 6 nitrogen and oxygen atoms in total. The van der Waals surface area contributed by atoms with E-state index in [0.717, 1.165) is 44.4 Å².